The molecule has 0 saturated heterocycles. The average Bonchev–Trinajstić information content (AvgIpc) is 2.40. The lowest BCUT2D eigenvalue weighted by atomic mass is 9.76. The van der Waals surface area contributed by atoms with Crippen molar-refractivity contribution in [1.29, 1.82) is 0 Å². The molecule has 1 atom stereocenters. The van der Waals surface area contributed by atoms with E-state index in [4.69, 9.17) is 0 Å². The fourth-order valence-corrected chi connectivity index (χ4v) is 1.96. The second kappa shape index (κ2) is 7.01. The van der Waals surface area contributed by atoms with Crippen LogP contribution in [0.4, 0.5) is 92.2 Å². The summed E-state index contributed by atoms with van der Waals surface area (Å²) in [6, 6.07) is 0. The predicted molar refractivity (Wildman–Crippen MR) is 51.3 cm³/mol. The Morgan fingerprint density at radius 2 is 0.548 bits per heavy atom. The van der Waals surface area contributed by atoms with E-state index in [-0.39, 0.29) is 0 Å². The minimum Gasteiger partial charge on any atom is -0.226 e. The Balaban J connectivity index is 7.41. The largest absolute Gasteiger partial charge is 0.460 e. The standard InChI is InChI=1S/C10HF21/c11-2(9(26,27)28,1(3(12,13)14)4(15,16)17)5(18,19)6(20,21)7(22,23)8(24,25)10(29,30)31/h1H. The number of hydrogen-bond donors (Lipinski definition) is 0. The van der Waals surface area contributed by atoms with Gasteiger partial charge in [0.25, 0.3) is 5.67 Å². The molecule has 1 unspecified atom stereocenters. The quantitative estimate of drug-likeness (QED) is 0.340. The smallest absolute Gasteiger partial charge is 0.226 e. The molecule has 0 aliphatic rings. The van der Waals surface area contributed by atoms with Gasteiger partial charge >= 0.3 is 48.4 Å². The van der Waals surface area contributed by atoms with E-state index in [1.165, 1.54) is 0 Å². The van der Waals surface area contributed by atoms with Crippen molar-refractivity contribution >= 4 is 0 Å². The van der Waals surface area contributed by atoms with E-state index in [9.17, 15) is 92.2 Å². The summed E-state index contributed by atoms with van der Waals surface area (Å²) in [6.45, 7) is 0. The normalized spacial score (nSPS) is 18.4. The summed E-state index contributed by atoms with van der Waals surface area (Å²) in [4.78, 5) is 0. The van der Waals surface area contributed by atoms with Gasteiger partial charge in [-0.15, -0.1) is 0 Å². The van der Waals surface area contributed by atoms with E-state index >= 15 is 0 Å². The first kappa shape index (κ1) is 29.5. The van der Waals surface area contributed by atoms with Gasteiger partial charge in [0.2, 0.25) is 0 Å². The minimum absolute atomic E-state index is 7.33. The van der Waals surface area contributed by atoms with Gasteiger partial charge in [-0.3, -0.25) is 0 Å². The van der Waals surface area contributed by atoms with Crippen LogP contribution in [0, 0.1) is 5.92 Å². The predicted octanol–water partition coefficient (Wildman–Crippen LogP) is 7.10. The molecule has 21 heteroatoms. The van der Waals surface area contributed by atoms with Crippen molar-refractivity contribution in [3.05, 3.63) is 0 Å². The first-order valence-corrected chi connectivity index (χ1v) is 6.33. The minimum atomic E-state index is -9.22. The van der Waals surface area contributed by atoms with Crippen LogP contribution in [0.15, 0.2) is 0 Å². The monoisotopic (exact) mass is 520 g/mol. The lowest BCUT2D eigenvalue weighted by molar-refractivity contribution is -0.469. The molecule has 0 aliphatic carbocycles. The third-order valence-electron chi connectivity index (χ3n) is 3.46. The molecule has 0 bridgehead atoms. The molecule has 0 radical (unpaired) electrons. The zero-order valence-electron chi connectivity index (χ0n) is 13.0. The van der Waals surface area contributed by atoms with Gasteiger partial charge in [0.1, 0.15) is 0 Å². The molecule has 0 N–H and O–H groups in total. The third kappa shape index (κ3) is 4.04. The van der Waals surface area contributed by atoms with Gasteiger partial charge in [-0.1, -0.05) is 0 Å². The van der Waals surface area contributed by atoms with E-state index in [2.05, 4.69) is 0 Å². The summed E-state index contributed by atoms with van der Waals surface area (Å²) < 4.78 is 265. The first-order valence-electron chi connectivity index (χ1n) is 6.33. The molecule has 0 saturated carbocycles. The maximum Gasteiger partial charge on any atom is 0.460 e. The van der Waals surface area contributed by atoms with Crippen molar-refractivity contribution in [2.75, 3.05) is 0 Å². The third-order valence-corrected chi connectivity index (χ3v) is 3.46. The van der Waals surface area contributed by atoms with Crippen LogP contribution in [0.1, 0.15) is 0 Å². The lowest BCUT2D eigenvalue weighted by Crippen LogP contribution is -2.77. The molecule has 188 valence electrons. The molecule has 0 amide bonds. The Kier molecular flexibility index (Phi) is 6.68. The Morgan fingerprint density at radius 3 is 0.742 bits per heavy atom. The van der Waals surface area contributed by atoms with Crippen molar-refractivity contribution in [2.24, 2.45) is 5.92 Å². The maximum absolute atomic E-state index is 13.8. The fraction of sp³-hybridized carbons (Fsp3) is 1.00. The van der Waals surface area contributed by atoms with Crippen LogP contribution in [0.25, 0.3) is 0 Å². The summed E-state index contributed by atoms with van der Waals surface area (Å²) in [5.74, 6) is -43.1. The Bertz CT molecular complexity index is 625. The van der Waals surface area contributed by atoms with Crippen LogP contribution >= 0.6 is 0 Å². The highest BCUT2D eigenvalue weighted by molar-refractivity contribution is 5.18. The van der Waals surface area contributed by atoms with Crippen LogP contribution in [-0.4, -0.2) is 54.1 Å². The van der Waals surface area contributed by atoms with Crippen LogP contribution < -0.4 is 0 Å². The van der Waals surface area contributed by atoms with E-state index < -0.39 is 60.0 Å². The summed E-state index contributed by atoms with van der Waals surface area (Å²) in [6.07, 6.45) is -32.5. The Morgan fingerprint density at radius 1 is 0.290 bits per heavy atom. The number of halogens is 21. The van der Waals surface area contributed by atoms with Crippen molar-refractivity contribution in [1.82, 2.24) is 0 Å². The number of alkyl halides is 21. The topological polar surface area (TPSA) is 0 Å². The number of hydrogen-bond acceptors (Lipinski definition) is 0. The maximum atomic E-state index is 13.8. The molecule has 31 heavy (non-hydrogen) atoms. The van der Waals surface area contributed by atoms with Gasteiger partial charge in [0.05, 0.1) is 0 Å². The van der Waals surface area contributed by atoms with Gasteiger partial charge in [0, 0.05) is 0 Å². The van der Waals surface area contributed by atoms with Crippen LogP contribution in [0.3, 0.4) is 0 Å². The van der Waals surface area contributed by atoms with Crippen molar-refractivity contribution in [2.45, 2.75) is 54.1 Å². The molecular weight excluding hydrogens is 519 g/mol. The molecule has 0 heterocycles. The summed E-state index contributed by atoms with van der Waals surface area (Å²) in [5, 5.41) is 0. The molecule has 0 fully saturated rings. The number of rotatable bonds is 5. The van der Waals surface area contributed by atoms with E-state index in [1.807, 2.05) is 0 Å². The van der Waals surface area contributed by atoms with Crippen molar-refractivity contribution in [3.8, 4) is 0 Å². The van der Waals surface area contributed by atoms with Gasteiger partial charge in [-0.25, -0.2) is 4.39 Å². The molecule has 0 aromatic carbocycles. The Labute approximate surface area is 153 Å². The van der Waals surface area contributed by atoms with Gasteiger partial charge in [-0.05, 0) is 0 Å². The van der Waals surface area contributed by atoms with E-state index in [0.717, 1.165) is 0 Å². The summed E-state index contributed by atoms with van der Waals surface area (Å²) in [5.41, 5.74) is -8.91. The van der Waals surface area contributed by atoms with Crippen LogP contribution in [-0.2, 0) is 0 Å². The Hall–Kier alpha value is -1.47. The molecule has 0 aromatic heterocycles. The van der Waals surface area contributed by atoms with Gasteiger partial charge in [0.15, 0.2) is 5.92 Å². The highest BCUT2D eigenvalue weighted by Crippen LogP contribution is 2.66. The summed E-state index contributed by atoms with van der Waals surface area (Å²) >= 11 is 0. The lowest BCUT2D eigenvalue weighted by Gasteiger charge is -2.46. The molecular formula is C10HF21. The zero-order chi connectivity index (χ0) is 26.1. The van der Waals surface area contributed by atoms with Crippen LogP contribution in [0.2, 0.25) is 0 Å². The van der Waals surface area contributed by atoms with E-state index in [0.29, 0.717) is 0 Å². The molecule has 0 rings (SSSR count). The second-order valence-corrected chi connectivity index (χ2v) is 5.52. The summed E-state index contributed by atoms with van der Waals surface area (Å²) in [7, 11) is 0. The van der Waals surface area contributed by atoms with E-state index in [1.54, 1.807) is 0 Å². The highest BCUT2D eigenvalue weighted by Gasteiger charge is 2.96. The highest BCUT2D eigenvalue weighted by atomic mass is 19.4. The van der Waals surface area contributed by atoms with Crippen LogP contribution in [0.5, 0.6) is 0 Å². The molecule has 0 aliphatic heterocycles. The molecule has 0 aromatic rings. The SMILES string of the molecule is FC(F)(F)C(C(F)(F)F)C(F)(C(F)(F)F)C(F)(F)C(F)(F)C(F)(F)C(F)(F)C(F)(F)F. The fourth-order valence-electron chi connectivity index (χ4n) is 1.96. The van der Waals surface area contributed by atoms with Crippen molar-refractivity contribution < 1.29 is 92.2 Å². The average molecular weight is 520 g/mol. The molecule has 0 nitrogen and oxygen atoms in total. The molecule has 0 spiro atoms. The zero-order valence-corrected chi connectivity index (χ0v) is 13.0. The van der Waals surface area contributed by atoms with Crippen molar-refractivity contribution in [3.63, 3.8) is 0 Å². The van der Waals surface area contributed by atoms with Gasteiger partial charge in [-0.2, -0.15) is 87.8 Å². The second-order valence-electron chi connectivity index (χ2n) is 5.52. The first-order chi connectivity index (χ1) is 12.9. The van der Waals surface area contributed by atoms with Gasteiger partial charge < -0.3 is 0 Å².